The molecule has 0 amide bonds. The molecule has 0 aliphatic carbocycles. The van der Waals surface area contributed by atoms with E-state index in [2.05, 4.69) is 15.7 Å². The second kappa shape index (κ2) is 7.54. The summed E-state index contributed by atoms with van der Waals surface area (Å²) in [5.74, 6) is 0. The molecule has 1 aromatic rings. The van der Waals surface area contributed by atoms with Crippen LogP contribution in [0.4, 0.5) is 0 Å². The number of hydrogen-bond donors (Lipinski definition) is 1. The van der Waals surface area contributed by atoms with Gasteiger partial charge in [-0.15, -0.1) is 0 Å². The molecule has 1 heterocycles. The summed E-state index contributed by atoms with van der Waals surface area (Å²) in [5.41, 5.74) is 1.68. The third-order valence-electron chi connectivity index (χ3n) is 3.73. The van der Waals surface area contributed by atoms with Crippen molar-refractivity contribution >= 4 is 16.1 Å². The van der Waals surface area contributed by atoms with Crippen LogP contribution in [0.3, 0.4) is 0 Å². The highest BCUT2D eigenvalue weighted by Gasteiger charge is 2.31. The van der Waals surface area contributed by atoms with E-state index >= 15 is 0 Å². The number of rotatable bonds is 6. The first-order valence-corrected chi connectivity index (χ1v) is 8.97. The largest absolute Gasteiger partial charge is 0.298 e. The summed E-state index contributed by atoms with van der Waals surface area (Å²) in [4.78, 5) is 2.14. The predicted octanol–water partition coefficient (Wildman–Crippen LogP) is 1.59. The Morgan fingerprint density at radius 2 is 2.14 bits per heavy atom. The number of benzene rings is 1. The molecule has 22 heavy (non-hydrogen) atoms. The van der Waals surface area contributed by atoms with Crippen LogP contribution in [-0.2, 0) is 10.0 Å². The topological polar surface area (TPSA) is 73.2 Å². The highest BCUT2D eigenvalue weighted by molar-refractivity contribution is 7.90. The second-order valence-corrected chi connectivity index (χ2v) is 7.39. The molecule has 1 aliphatic heterocycles. The summed E-state index contributed by atoms with van der Waals surface area (Å²) in [5, 5.41) is 8.44. The van der Waals surface area contributed by atoms with Gasteiger partial charge >= 0.3 is 0 Å². The van der Waals surface area contributed by atoms with Crippen LogP contribution in [0.1, 0.15) is 24.5 Å². The van der Waals surface area contributed by atoms with Crippen molar-refractivity contribution in [2.45, 2.75) is 18.6 Å². The van der Waals surface area contributed by atoms with E-state index in [1.807, 2.05) is 24.3 Å². The van der Waals surface area contributed by atoms with Gasteiger partial charge in [-0.05, 0) is 30.7 Å². The molecule has 1 aromatic carbocycles. The van der Waals surface area contributed by atoms with Gasteiger partial charge in [0.05, 0.1) is 16.9 Å². The Morgan fingerprint density at radius 1 is 1.41 bits per heavy atom. The Hall–Kier alpha value is -1.68. The molecular weight excluding hydrogens is 298 g/mol. The molecule has 6 heteroatoms. The van der Waals surface area contributed by atoms with E-state index in [4.69, 9.17) is 5.26 Å². The minimum atomic E-state index is -3.17. The summed E-state index contributed by atoms with van der Waals surface area (Å²) in [6.07, 6.45) is 4.71. The van der Waals surface area contributed by atoms with E-state index in [9.17, 15) is 8.42 Å². The molecule has 5 nitrogen and oxygen atoms in total. The molecule has 0 bridgehead atoms. The predicted molar refractivity (Wildman–Crippen MR) is 87.6 cm³/mol. The lowest BCUT2D eigenvalue weighted by Crippen LogP contribution is -2.36. The smallest absolute Gasteiger partial charge is 0.215 e. The van der Waals surface area contributed by atoms with E-state index in [0.29, 0.717) is 25.1 Å². The zero-order valence-corrected chi connectivity index (χ0v) is 13.5. The molecule has 0 spiro atoms. The quantitative estimate of drug-likeness (QED) is 0.864. The lowest BCUT2D eigenvalue weighted by Gasteiger charge is -2.14. The van der Waals surface area contributed by atoms with E-state index in [1.165, 1.54) is 0 Å². The number of sulfonamides is 1. The van der Waals surface area contributed by atoms with Crippen molar-refractivity contribution in [3.63, 3.8) is 0 Å². The molecule has 1 atom stereocenters. The summed E-state index contributed by atoms with van der Waals surface area (Å²) < 4.78 is 26.5. The minimum absolute atomic E-state index is 0.309. The Kier molecular flexibility index (Phi) is 5.72. The maximum absolute atomic E-state index is 12.0. The van der Waals surface area contributed by atoms with Crippen LogP contribution < -0.4 is 4.72 Å². The van der Waals surface area contributed by atoms with Crippen molar-refractivity contribution in [2.75, 3.05) is 26.2 Å². The van der Waals surface area contributed by atoms with Gasteiger partial charge < -0.3 is 0 Å². The normalized spacial score (nSPS) is 19.5. The van der Waals surface area contributed by atoms with E-state index in [-0.39, 0.29) is 5.25 Å². The maximum atomic E-state index is 12.0. The van der Waals surface area contributed by atoms with Gasteiger partial charge in [0.2, 0.25) is 10.0 Å². The molecule has 0 saturated carbocycles. The second-order valence-electron chi connectivity index (χ2n) is 5.35. The number of nitrogens with one attached hydrogen (secondary N) is 1. The molecule has 1 unspecified atom stereocenters. The molecule has 1 N–H and O–H groups in total. The Balaban J connectivity index is 1.85. The van der Waals surface area contributed by atoms with Crippen LogP contribution in [0, 0.1) is 11.3 Å². The van der Waals surface area contributed by atoms with E-state index in [1.54, 1.807) is 19.1 Å². The zero-order chi connectivity index (χ0) is 16.0. The van der Waals surface area contributed by atoms with Crippen molar-refractivity contribution in [2.24, 2.45) is 0 Å². The van der Waals surface area contributed by atoms with Gasteiger partial charge in [0.25, 0.3) is 0 Å². The minimum Gasteiger partial charge on any atom is -0.298 e. The van der Waals surface area contributed by atoms with Crippen molar-refractivity contribution in [1.29, 1.82) is 5.26 Å². The molecule has 2 rings (SSSR count). The monoisotopic (exact) mass is 319 g/mol. The lowest BCUT2D eigenvalue weighted by atomic mass is 10.1. The van der Waals surface area contributed by atoms with Gasteiger partial charge in [-0.1, -0.05) is 31.2 Å². The first kappa shape index (κ1) is 16.7. The van der Waals surface area contributed by atoms with Crippen LogP contribution in [-0.4, -0.2) is 44.7 Å². The summed E-state index contributed by atoms with van der Waals surface area (Å²) in [6.45, 7) is 4.35. The van der Waals surface area contributed by atoms with Crippen LogP contribution in [0.5, 0.6) is 0 Å². The highest BCUT2D eigenvalue weighted by atomic mass is 32.2. The van der Waals surface area contributed by atoms with E-state index in [0.717, 1.165) is 18.7 Å². The van der Waals surface area contributed by atoms with Gasteiger partial charge in [-0.25, -0.2) is 13.1 Å². The highest BCUT2D eigenvalue weighted by Crippen LogP contribution is 2.16. The van der Waals surface area contributed by atoms with Gasteiger partial charge in [0, 0.05) is 19.6 Å². The number of nitrogens with zero attached hydrogens (tertiary/aromatic N) is 2. The molecule has 118 valence electrons. The Bertz CT molecular complexity index is 660. The first-order chi connectivity index (χ1) is 10.5. The summed E-state index contributed by atoms with van der Waals surface area (Å²) in [6, 6.07) is 9.46. The van der Waals surface area contributed by atoms with E-state index < -0.39 is 10.0 Å². The summed E-state index contributed by atoms with van der Waals surface area (Å²) >= 11 is 0. The van der Waals surface area contributed by atoms with Crippen molar-refractivity contribution < 1.29 is 8.42 Å². The van der Waals surface area contributed by atoms with Crippen LogP contribution in [0.25, 0.3) is 6.08 Å². The molecule has 1 aliphatic rings. The van der Waals surface area contributed by atoms with Crippen LogP contribution >= 0.6 is 0 Å². The SMILES string of the molecule is CCNS(=O)(=O)C1CCN(CC=Cc2ccc(C#N)cc2)C1. The van der Waals surface area contributed by atoms with Crippen LogP contribution in [0.2, 0.25) is 0 Å². The average Bonchev–Trinajstić information content (AvgIpc) is 2.98. The Morgan fingerprint density at radius 3 is 2.77 bits per heavy atom. The fraction of sp³-hybridized carbons (Fsp3) is 0.438. The van der Waals surface area contributed by atoms with Gasteiger partial charge in [-0.2, -0.15) is 5.26 Å². The molecular formula is C16H21N3O2S. The average molecular weight is 319 g/mol. The van der Waals surface area contributed by atoms with Gasteiger partial charge in [0.1, 0.15) is 0 Å². The third kappa shape index (κ3) is 4.41. The number of likely N-dealkylation sites (tertiary alicyclic amines) is 1. The van der Waals surface area contributed by atoms with Crippen molar-refractivity contribution in [3.8, 4) is 6.07 Å². The third-order valence-corrected chi connectivity index (χ3v) is 5.68. The molecule has 1 saturated heterocycles. The van der Waals surface area contributed by atoms with Gasteiger partial charge in [0.15, 0.2) is 0 Å². The van der Waals surface area contributed by atoms with Crippen molar-refractivity contribution in [3.05, 3.63) is 41.5 Å². The summed E-state index contributed by atoms with van der Waals surface area (Å²) in [7, 11) is -3.17. The number of hydrogen-bond acceptors (Lipinski definition) is 4. The number of nitriles is 1. The lowest BCUT2D eigenvalue weighted by molar-refractivity contribution is 0.377. The standard InChI is InChI=1S/C16H21N3O2S/c1-2-18-22(20,21)16-9-11-19(13-16)10-3-4-14-5-7-15(12-17)8-6-14/h3-8,16,18H,2,9-11,13H2,1H3. The molecule has 0 radical (unpaired) electrons. The first-order valence-electron chi connectivity index (χ1n) is 7.42. The van der Waals surface area contributed by atoms with Gasteiger partial charge in [-0.3, -0.25) is 4.90 Å². The van der Waals surface area contributed by atoms with Crippen LogP contribution in [0.15, 0.2) is 30.3 Å². The maximum Gasteiger partial charge on any atom is 0.215 e. The fourth-order valence-electron chi connectivity index (χ4n) is 2.54. The molecule has 1 fully saturated rings. The fourth-order valence-corrected chi connectivity index (χ4v) is 4.00. The van der Waals surface area contributed by atoms with Crippen molar-refractivity contribution in [1.82, 2.24) is 9.62 Å². The molecule has 0 aromatic heterocycles. The Labute approximate surface area is 132 Å². The zero-order valence-electron chi connectivity index (χ0n) is 12.7.